The van der Waals surface area contributed by atoms with Crippen molar-refractivity contribution in [2.45, 2.75) is 31.4 Å². The molecule has 1 aliphatic heterocycles. The smallest absolute Gasteiger partial charge is 0.356 e. The molecule has 1 heterocycles. The fraction of sp³-hybridized carbons (Fsp3) is 0.632. The van der Waals surface area contributed by atoms with E-state index in [9.17, 15) is 21.6 Å². The second-order valence-electron chi connectivity index (χ2n) is 7.61. The summed E-state index contributed by atoms with van der Waals surface area (Å²) in [7, 11) is 0.435. The Kier molecular flexibility index (Phi) is 11.0. The second kappa shape index (κ2) is 12.2. The molecule has 0 amide bonds. The summed E-state index contributed by atoms with van der Waals surface area (Å²) in [6.07, 6.45) is 0.732. The minimum absolute atomic E-state index is 0. The molecule has 0 atom stereocenters. The summed E-state index contributed by atoms with van der Waals surface area (Å²) < 4.78 is 61.5. The van der Waals surface area contributed by atoms with Gasteiger partial charge >= 0.3 is 15.5 Å². The minimum atomic E-state index is -5.24. The lowest BCUT2D eigenvalue weighted by Gasteiger charge is -2.31. The number of alkyl halides is 3. The summed E-state index contributed by atoms with van der Waals surface area (Å²) in [5.41, 5.74) is -2.88. The summed E-state index contributed by atoms with van der Waals surface area (Å²) in [4.78, 5) is 6.29. The van der Waals surface area contributed by atoms with Gasteiger partial charge in [-0.05, 0) is 44.0 Å². The summed E-state index contributed by atoms with van der Waals surface area (Å²) in [6.45, 7) is 1.67. The highest BCUT2D eigenvalue weighted by Gasteiger charge is 2.50. The van der Waals surface area contributed by atoms with Crippen LogP contribution in [0.15, 0.2) is 29.3 Å². The van der Waals surface area contributed by atoms with E-state index in [1.165, 1.54) is 5.56 Å². The van der Waals surface area contributed by atoms with Gasteiger partial charge in [0, 0.05) is 39.8 Å². The predicted molar refractivity (Wildman–Crippen MR) is 127 cm³/mol. The molecular weight excluding hydrogens is 546 g/mol. The van der Waals surface area contributed by atoms with Crippen LogP contribution in [0.4, 0.5) is 13.2 Å². The van der Waals surface area contributed by atoms with Crippen LogP contribution in [0.3, 0.4) is 0 Å². The summed E-state index contributed by atoms with van der Waals surface area (Å²) >= 11 is 0. The maximum absolute atomic E-state index is 12.7. The fourth-order valence-corrected chi connectivity index (χ4v) is 4.35. The van der Waals surface area contributed by atoms with Gasteiger partial charge in [-0.15, -0.1) is 24.0 Å². The standard InChI is InChI=1S/C19H30F3N5O2S.HI/c1-23-18(25-13-16-6-4-5-7-17(16)14-26(2)3)24-12-15-8-10-27(11-9-15)30(28,29)19(20,21)22;/h4-7,15H,8-14H2,1-3H3,(H2,23,24,25);1H. The first-order valence-electron chi connectivity index (χ1n) is 9.77. The number of halogens is 4. The molecule has 1 aromatic carbocycles. The van der Waals surface area contributed by atoms with Crippen molar-refractivity contribution in [1.82, 2.24) is 19.8 Å². The zero-order valence-electron chi connectivity index (χ0n) is 17.9. The highest BCUT2D eigenvalue weighted by atomic mass is 127. The molecule has 1 fully saturated rings. The number of nitrogens with one attached hydrogen (secondary N) is 2. The lowest BCUT2D eigenvalue weighted by molar-refractivity contribution is -0.0496. The molecule has 0 saturated carbocycles. The van der Waals surface area contributed by atoms with Crippen LogP contribution in [0.1, 0.15) is 24.0 Å². The molecule has 1 aliphatic rings. The molecule has 0 spiro atoms. The number of aliphatic imine (C=N–C) groups is 1. The molecule has 12 heteroatoms. The van der Waals surface area contributed by atoms with Crippen LogP contribution in [-0.2, 0) is 23.1 Å². The van der Waals surface area contributed by atoms with Crippen molar-refractivity contribution in [2.75, 3.05) is 40.8 Å². The molecule has 0 radical (unpaired) electrons. The van der Waals surface area contributed by atoms with E-state index >= 15 is 0 Å². The van der Waals surface area contributed by atoms with Crippen LogP contribution < -0.4 is 10.6 Å². The van der Waals surface area contributed by atoms with E-state index in [1.54, 1.807) is 7.05 Å². The Morgan fingerprint density at radius 3 is 2.26 bits per heavy atom. The largest absolute Gasteiger partial charge is 0.511 e. The van der Waals surface area contributed by atoms with E-state index in [0.29, 0.717) is 36.2 Å². The first-order valence-corrected chi connectivity index (χ1v) is 11.2. The quantitative estimate of drug-likeness (QED) is 0.296. The van der Waals surface area contributed by atoms with Gasteiger partial charge in [-0.3, -0.25) is 4.99 Å². The zero-order chi connectivity index (χ0) is 22.4. The van der Waals surface area contributed by atoms with Crippen LogP contribution in [-0.4, -0.2) is 69.9 Å². The maximum atomic E-state index is 12.7. The number of hydrogen-bond donors (Lipinski definition) is 2. The van der Waals surface area contributed by atoms with Crippen LogP contribution >= 0.6 is 24.0 Å². The molecule has 0 bridgehead atoms. The van der Waals surface area contributed by atoms with Gasteiger partial charge in [0.2, 0.25) is 0 Å². The third-order valence-corrected chi connectivity index (χ3v) is 6.67. The maximum Gasteiger partial charge on any atom is 0.511 e. The first kappa shape index (κ1) is 27.9. The number of rotatable bonds is 7. The molecule has 2 N–H and O–H groups in total. The Hall–Kier alpha value is -1.12. The lowest BCUT2D eigenvalue weighted by atomic mass is 9.98. The van der Waals surface area contributed by atoms with E-state index < -0.39 is 15.5 Å². The minimum Gasteiger partial charge on any atom is -0.356 e. The second-order valence-corrected chi connectivity index (χ2v) is 9.54. The van der Waals surface area contributed by atoms with E-state index in [0.717, 1.165) is 12.1 Å². The summed E-state index contributed by atoms with van der Waals surface area (Å²) in [5.74, 6) is 0.671. The Bertz CT molecular complexity index is 826. The Balaban J connectivity index is 0.00000480. The van der Waals surface area contributed by atoms with Crippen molar-refractivity contribution in [2.24, 2.45) is 10.9 Å². The average molecular weight is 577 g/mol. The van der Waals surface area contributed by atoms with E-state index in [2.05, 4.69) is 32.7 Å². The molecule has 7 nitrogen and oxygen atoms in total. The van der Waals surface area contributed by atoms with Crippen LogP contribution in [0.5, 0.6) is 0 Å². The molecule has 31 heavy (non-hydrogen) atoms. The molecule has 2 rings (SSSR count). The van der Waals surface area contributed by atoms with Crippen molar-refractivity contribution in [3.05, 3.63) is 35.4 Å². The van der Waals surface area contributed by atoms with Crippen molar-refractivity contribution in [3.8, 4) is 0 Å². The van der Waals surface area contributed by atoms with Crippen LogP contribution in [0.2, 0.25) is 0 Å². The molecule has 1 aromatic rings. The zero-order valence-corrected chi connectivity index (χ0v) is 21.1. The Morgan fingerprint density at radius 1 is 1.16 bits per heavy atom. The third-order valence-electron chi connectivity index (χ3n) is 5.04. The highest BCUT2D eigenvalue weighted by molar-refractivity contribution is 14.0. The average Bonchev–Trinajstić information content (AvgIpc) is 2.68. The van der Waals surface area contributed by atoms with Gasteiger partial charge in [0.05, 0.1) is 0 Å². The van der Waals surface area contributed by atoms with Gasteiger partial charge in [-0.1, -0.05) is 24.3 Å². The number of sulfonamides is 1. The molecule has 178 valence electrons. The van der Waals surface area contributed by atoms with E-state index in [-0.39, 0.29) is 43.0 Å². The monoisotopic (exact) mass is 577 g/mol. The molecule has 0 aliphatic carbocycles. The molecule has 1 saturated heterocycles. The number of hydrogen-bond acceptors (Lipinski definition) is 4. The van der Waals surface area contributed by atoms with Crippen molar-refractivity contribution >= 4 is 40.0 Å². The van der Waals surface area contributed by atoms with Crippen molar-refractivity contribution in [1.29, 1.82) is 0 Å². The SMILES string of the molecule is CN=C(NCc1ccccc1CN(C)C)NCC1CCN(S(=O)(=O)C(F)(F)F)CC1.I. The molecular formula is C19H31F3IN5O2S. The van der Waals surface area contributed by atoms with E-state index in [1.807, 2.05) is 26.2 Å². The lowest BCUT2D eigenvalue weighted by Crippen LogP contribution is -2.47. The third kappa shape index (κ3) is 8.06. The predicted octanol–water partition coefficient (Wildman–Crippen LogP) is 2.59. The number of benzene rings is 1. The van der Waals surface area contributed by atoms with Crippen LogP contribution in [0.25, 0.3) is 0 Å². The summed E-state index contributed by atoms with van der Waals surface area (Å²) in [5, 5.41) is 6.45. The summed E-state index contributed by atoms with van der Waals surface area (Å²) in [6, 6.07) is 8.11. The van der Waals surface area contributed by atoms with Crippen molar-refractivity contribution < 1.29 is 21.6 Å². The Labute approximate surface area is 199 Å². The number of nitrogens with zero attached hydrogens (tertiary/aromatic N) is 3. The van der Waals surface area contributed by atoms with Crippen LogP contribution in [0, 0.1) is 5.92 Å². The van der Waals surface area contributed by atoms with E-state index in [4.69, 9.17) is 0 Å². The van der Waals surface area contributed by atoms with Gasteiger partial charge in [-0.25, -0.2) is 8.42 Å². The number of piperidine rings is 1. The molecule has 0 unspecified atom stereocenters. The normalized spacial score (nSPS) is 16.8. The van der Waals surface area contributed by atoms with Gasteiger partial charge in [-0.2, -0.15) is 17.5 Å². The van der Waals surface area contributed by atoms with Gasteiger partial charge in [0.1, 0.15) is 0 Å². The number of guanidine groups is 1. The van der Waals surface area contributed by atoms with Gasteiger partial charge in [0.15, 0.2) is 5.96 Å². The van der Waals surface area contributed by atoms with Gasteiger partial charge < -0.3 is 15.5 Å². The van der Waals surface area contributed by atoms with Crippen molar-refractivity contribution in [3.63, 3.8) is 0 Å². The molecule has 0 aromatic heterocycles. The fourth-order valence-electron chi connectivity index (χ4n) is 3.37. The first-order chi connectivity index (χ1) is 14.0. The van der Waals surface area contributed by atoms with Gasteiger partial charge in [0.25, 0.3) is 0 Å². The Morgan fingerprint density at radius 2 is 1.74 bits per heavy atom. The highest BCUT2D eigenvalue weighted by Crippen LogP contribution is 2.30. The topological polar surface area (TPSA) is 77.0 Å².